The Hall–Kier alpha value is -2.62. The lowest BCUT2D eigenvalue weighted by Crippen LogP contribution is -2.59. The molecule has 0 saturated carbocycles. The molecule has 0 aliphatic carbocycles. The van der Waals surface area contributed by atoms with Gasteiger partial charge in [-0.3, -0.25) is 9.53 Å². The normalized spacial score (nSPS) is 16.3. The number of aryl methyl sites for hydroxylation is 1. The summed E-state index contributed by atoms with van der Waals surface area (Å²) in [5, 5.41) is 10.5. The van der Waals surface area contributed by atoms with Crippen LogP contribution < -0.4 is 5.32 Å². The number of nitrogens with one attached hydrogen (secondary N) is 1. The van der Waals surface area contributed by atoms with Crippen LogP contribution in [-0.2, 0) is 9.53 Å². The number of carbonyl (C=O) groups excluding carboxylic acids is 1. The fraction of sp³-hybridized carbons (Fsp3) is 0.438. The molecular formula is C16H17F3N4O3. The maximum atomic E-state index is 12.2. The number of nitrogens with zero attached hydrogens (tertiary/aromatic N) is 3. The Morgan fingerprint density at radius 1 is 1.31 bits per heavy atom. The van der Waals surface area contributed by atoms with Gasteiger partial charge in [0.15, 0.2) is 0 Å². The van der Waals surface area contributed by atoms with Crippen LogP contribution in [0.1, 0.15) is 12.5 Å². The maximum Gasteiger partial charge on any atom is 0.522 e. The molecule has 1 fully saturated rings. The molecule has 26 heavy (non-hydrogen) atoms. The first-order valence-electron chi connectivity index (χ1n) is 7.91. The summed E-state index contributed by atoms with van der Waals surface area (Å²) in [6.45, 7) is 3.31. The van der Waals surface area contributed by atoms with Crippen LogP contribution in [0, 0.1) is 6.92 Å². The van der Waals surface area contributed by atoms with Crippen molar-refractivity contribution in [3.05, 3.63) is 29.8 Å². The first kappa shape index (κ1) is 18.2. The second-order valence-electron chi connectivity index (χ2n) is 6.07. The Kier molecular flexibility index (Phi) is 4.86. The summed E-state index contributed by atoms with van der Waals surface area (Å²) in [5.41, 5.74) is 1.83. The van der Waals surface area contributed by atoms with Crippen LogP contribution in [0.15, 0.2) is 28.7 Å². The highest BCUT2D eigenvalue weighted by Crippen LogP contribution is 2.25. The van der Waals surface area contributed by atoms with E-state index in [0.717, 1.165) is 11.1 Å². The average molecular weight is 370 g/mol. The Morgan fingerprint density at radius 3 is 2.58 bits per heavy atom. The molecule has 1 atom stereocenters. The first-order valence-corrected chi connectivity index (χ1v) is 7.91. The van der Waals surface area contributed by atoms with E-state index in [1.54, 1.807) is 6.92 Å². The Labute approximate surface area is 147 Å². The molecule has 1 aromatic heterocycles. The van der Waals surface area contributed by atoms with E-state index in [4.69, 9.17) is 4.42 Å². The van der Waals surface area contributed by atoms with Gasteiger partial charge in [-0.25, -0.2) is 0 Å². The van der Waals surface area contributed by atoms with E-state index in [1.807, 2.05) is 31.2 Å². The number of hydrogen-bond donors (Lipinski definition) is 1. The summed E-state index contributed by atoms with van der Waals surface area (Å²) in [5.74, 6) is -0.0724. The number of likely N-dealkylation sites (tertiary alicyclic amines) is 1. The fourth-order valence-electron chi connectivity index (χ4n) is 2.50. The van der Waals surface area contributed by atoms with Crippen molar-refractivity contribution >= 4 is 11.9 Å². The van der Waals surface area contributed by atoms with Crippen molar-refractivity contribution in [3.63, 3.8) is 0 Å². The van der Waals surface area contributed by atoms with Crippen molar-refractivity contribution in [1.29, 1.82) is 0 Å². The lowest BCUT2D eigenvalue weighted by atomic mass is 10.1. The summed E-state index contributed by atoms with van der Waals surface area (Å²) in [6.07, 6.45) is -5.72. The molecular weight excluding hydrogens is 353 g/mol. The van der Waals surface area contributed by atoms with Gasteiger partial charge in [0.05, 0.1) is 0 Å². The van der Waals surface area contributed by atoms with Gasteiger partial charge in [-0.05, 0) is 26.0 Å². The molecule has 10 heteroatoms. The van der Waals surface area contributed by atoms with Crippen molar-refractivity contribution in [1.82, 2.24) is 15.1 Å². The minimum atomic E-state index is -4.69. The zero-order valence-electron chi connectivity index (χ0n) is 14.1. The summed E-state index contributed by atoms with van der Waals surface area (Å²) >= 11 is 0. The summed E-state index contributed by atoms with van der Waals surface area (Å²) in [4.78, 5) is 13.5. The summed E-state index contributed by atoms with van der Waals surface area (Å²) in [7, 11) is 0. The highest BCUT2D eigenvalue weighted by molar-refractivity contribution is 5.84. The first-order chi connectivity index (χ1) is 12.2. The molecule has 2 heterocycles. The largest absolute Gasteiger partial charge is 0.522 e. The summed E-state index contributed by atoms with van der Waals surface area (Å²) in [6, 6.07) is 6.81. The van der Waals surface area contributed by atoms with Gasteiger partial charge in [-0.15, -0.1) is 18.3 Å². The molecule has 0 spiro atoms. The number of amides is 1. The number of aromatic nitrogens is 2. The maximum absolute atomic E-state index is 12.2. The lowest BCUT2D eigenvalue weighted by Gasteiger charge is -2.40. The Morgan fingerprint density at radius 2 is 1.96 bits per heavy atom. The van der Waals surface area contributed by atoms with Crippen molar-refractivity contribution in [2.75, 3.05) is 18.4 Å². The molecule has 0 unspecified atom stereocenters. The van der Waals surface area contributed by atoms with Crippen molar-refractivity contribution in [3.8, 4) is 11.5 Å². The highest BCUT2D eigenvalue weighted by Gasteiger charge is 2.41. The summed E-state index contributed by atoms with van der Waals surface area (Å²) < 4.78 is 45.6. The Bertz CT molecular complexity index is 770. The van der Waals surface area contributed by atoms with E-state index in [-0.39, 0.29) is 25.0 Å². The lowest BCUT2D eigenvalue weighted by molar-refractivity contribution is -0.353. The van der Waals surface area contributed by atoms with Gasteiger partial charge >= 0.3 is 12.4 Å². The molecule has 2 aromatic rings. The predicted molar refractivity (Wildman–Crippen MR) is 85.1 cm³/mol. The van der Waals surface area contributed by atoms with Gasteiger partial charge in [0.25, 0.3) is 0 Å². The third-order valence-corrected chi connectivity index (χ3v) is 3.89. The van der Waals surface area contributed by atoms with E-state index >= 15 is 0 Å². The van der Waals surface area contributed by atoms with E-state index in [9.17, 15) is 18.0 Å². The van der Waals surface area contributed by atoms with Crippen molar-refractivity contribution in [2.45, 2.75) is 32.4 Å². The van der Waals surface area contributed by atoms with Crippen LogP contribution in [0.2, 0.25) is 0 Å². The fourth-order valence-corrected chi connectivity index (χ4v) is 2.50. The molecule has 1 aliphatic heterocycles. The molecule has 3 rings (SSSR count). The smallest absolute Gasteiger partial charge is 0.403 e. The van der Waals surface area contributed by atoms with Crippen LogP contribution in [0.5, 0.6) is 0 Å². The monoisotopic (exact) mass is 370 g/mol. The molecule has 140 valence electrons. The van der Waals surface area contributed by atoms with Gasteiger partial charge in [0.2, 0.25) is 11.8 Å². The number of anilines is 1. The SMILES string of the molecule is Cc1ccc(-c2nnc(N[C@H](C)C(=O)N3CC(OC(F)(F)F)C3)o2)cc1. The number of benzene rings is 1. The van der Waals surface area contributed by atoms with E-state index in [1.165, 1.54) is 4.90 Å². The minimum absolute atomic E-state index is 0.0602. The van der Waals surface area contributed by atoms with E-state index in [0.29, 0.717) is 5.89 Å². The van der Waals surface area contributed by atoms with Crippen LogP contribution in [0.3, 0.4) is 0 Å². The van der Waals surface area contributed by atoms with E-state index in [2.05, 4.69) is 20.3 Å². The molecule has 1 amide bonds. The molecule has 7 nitrogen and oxygen atoms in total. The van der Waals surface area contributed by atoms with Crippen LogP contribution >= 0.6 is 0 Å². The van der Waals surface area contributed by atoms with Crippen LogP contribution in [0.4, 0.5) is 19.2 Å². The van der Waals surface area contributed by atoms with Crippen molar-refractivity contribution in [2.24, 2.45) is 0 Å². The van der Waals surface area contributed by atoms with Crippen LogP contribution in [-0.4, -0.2) is 52.6 Å². The third-order valence-electron chi connectivity index (χ3n) is 3.89. The number of hydrogen-bond acceptors (Lipinski definition) is 6. The average Bonchev–Trinajstić information content (AvgIpc) is 2.98. The van der Waals surface area contributed by atoms with Gasteiger partial charge in [0.1, 0.15) is 12.1 Å². The molecule has 1 aromatic carbocycles. The Balaban J connectivity index is 1.53. The van der Waals surface area contributed by atoms with Crippen LogP contribution in [0.25, 0.3) is 11.5 Å². The highest BCUT2D eigenvalue weighted by atomic mass is 19.4. The van der Waals surface area contributed by atoms with Gasteiger partial charge in [0, 0.05) is 18.7 Å². The second-order valence-corrected chi connectivity index (χ2v) is 6.07. The topological polar surface area (TPSA) is 80.5 Å². The molecule has 1 N–H and O–H groups in total. The molecule has 0 bridgehead atoms. The number of rotatable bonds is 5. The quantitative estimate of drug-likeness (QED) is 0.871. The zero-order chi connectivity index (χ0) is 18.9. The number of alkyl halides is 3. The number of halogens is 3. The number of carbonyl (C=O) groups is 1. The molecule has 1 saturated heterocycles. The van der Waals surface area contributed by atoms with Crippen molar-refractivity contribution < 1.29 is 27.1 Å². The molecule has 0 radical (unpaired) electrons. The number of ether oxygens (including phenoxy) is 1. The predicted octanol–water partition coefficient (Wildman–Crippen LogP) is 2.59. The second kappa shape index (κ2) is 6.94. The van der Waals surface area contributed by atoms with Gasteiger partial charge < -0.3 is 14.6 Å². The van der Waals surface area contributed by atoms with E-state index < -0.39 is 18.5 Å². The zero-order valence-corrected chi connectivity index (χ0v) is 14.1. The third kappa shape index (κ3) is 4.31. The van der Waals surface area contributed by atoms with Gasteiger partial charge in [-0.1, -0.05) is 22.8 Å². The minimum Gasteiger partial charge on any atom is -0.403 e. The molecule has 1 aliphatic rings. The standard InChI is InChI=1S/C16H17F3N4O3/c1-9-3-5-11(6-4-9)13-21-22-15(25-13)20-10(2)14(24)23-7-12(8-23)26-16(17,18)19/h3-6,10,12H,7-8H2,1-2H3,(H,20,22)/t10-/m1/s1. The van der Waals surface area contributed by atoms with Gasteiger partial charge in [-0.2, -0.15) is 0 Å².